The molecule has 2 aromatic rings. The molecule has 0 saturated carbocycles. The van der Waals surface area contributed by atoms with Gasteiger partial charge in [0.2, 0.25) is 0 Å². The first-order valence-electron chi connectivity index (χ1n) is 6.08. The van der Waals surface area contributed by atoms with Crippen LogP contribution in [0.2, 0.25) is 0 Å². The van der Waals surface area contributed by atoms with E-state index in [1.54, 1.807) is 0 Å². The lowest BCUT2D eigenvalue weighted by molar-refractivity contribution is 0.0992. The third-order valence-corrected chi connectivity index (χ3v) is 3.37. The summed E-state index contributed by atoms with van der Waals surface area (Å²) < 4.78 is 1.83. The fourth-order valence-electron chi connectivity index (χ4n) is 2.08. The summed E-state index contributed by atoms with van der Waals surface area (Å²) in [4.78, 5) is 12.2. The molecule has 3 heteroatoms. The zero-order valence-electron chi connectivity index (χ0n) is 11.3. The van der Waals surface area contributed by atoms with Crippen molar-refractivity contribution in [1.29, 1.82) is 0 Å². The van der Waals surface area contributed by atoms with Gasteiger partial charge in [-0.2, -0.15) is 5.10 Å². The van der Waals surface area contributed by atoms with Crippen molar-refractivity contribution in [2.45, 2.75) is 27.2 Å². The van der Waals surface area contributed by atoms with Crippen LogP contribution in [-0.2, 0) is 13.5 Å². The topological polar surface area (TPSA) is 34.9 Å². The lowest BCUT2D eigenvalue weighted by Crippen LogP contribution is -2.05. The number of Topliss-reactive ketones (excluding diaryl/α,β-unsaturated/α-hetero) is 1. The number of aromatic nitrogens is 2. The molecule has 3 nitrogen and oxygen atoms in total. The molecule has 0 aliphatic carbocycles. The van der Waals surface area contributed by atoms with Crippen molar-refractivity contribution < 1.29 is 4.79 Å². The van der Waals surface area contributed by atoms with Gasteiger partial charge in [-0.1, -0.05) is 29.8 Å². The molecule has 0 aliphatic heterocycles. The van der Waals surface area contributed by atoms with Crippen LogP contribution in [0.4, 0.5) is 0 Å². The van der Waals surface area contributed by atoms with Gasteiger partial charge in [0, 0.05) is 30.3 Å². The van der Waals surface area contributed by atoms with E-state index < -0.39 is 0 Å². The molecular formula is C15H18N2O. The second-order valence-electron chi connectivity index (χ2n) is 4.74. The average molecular weight is 242 g/mol. The van der Waals surface area contributed by atoms with Crippen molar-refractivity contribution in [2.75, 3.05) is 0 Å². The number of benzene rings is 1. The maximum Gasteiger partial charge on any atom is 0.167 e. The predicted octanol–water partition coefficient (Wildman–Crippen LogP) is 2.77. The Kier molecular flexibility index (Phi) is 3.32. The third-order valence-electron chi connectivity index (χ3n) is 3.37. The molecule has 0 bridgehead atoms. The van der Waals surface area contributed by atoms with Crippen LogP contribution in [0.15, 0.2) is 24.3 Å². The zero-order valence-corrected chi connectivity index (χ0v) is 11.3. The van der Waals surface area contributed by atoms with E-state index in [0.717, 1.165) is 22.5 Å². The summed E-state index contributed by atoms with van der Waals surface area (Å²) in [5, 5.41) is 4.34. The molecule has 0 radical (unpaired) electrons. The van der Waals surface area contributed by atoms with Gasteiger partial charge < -0.3 is 0 Å². The van der Waals surface area contributed by atoms with E-state index in [-0.39, 0.29) is 5.78 Å². The van der Waals surface area contributed by atoms with E-state index in [0.29, 0.717) is 6.42 Å². The normalized spacial score (nSPS) is 10.7. The van der Waals surface area contributed by atoms with Crippen LogP contribution >= 0.6 is 0 Å². The summed E-state index contributed by atoms with van der Waals surface area (Å²) in [6.45, 7) is 5.96. The first-order valence-corrected chi connectivity index (χ1v) is 6.08. The first kappa shape index (κ1) is 12.6. The minimum atomic E-state index is 0.147. The number of ketones is 1. The highest BCUT2D eigenvalue weighted by Crippen LogP contribution is 2.15. The van der Waals surface area contributed by atoms with Gasteiger partial charge in [-0.15, -0.1) is 0 Å². The minimum Gasteiger partial charge on any atom is -0.294 e. The monoisotopic (exact) mass is 242 g/mol. The Hall–Kier alpha value is -1.90. The minimum absolute atomic E-state index is 0.147. The Bertz CT molecular complexity index is 579. The second-order valence-corrected chi connectivity index (χ2v) is 4.74. The number of hydrogen-bond donors (Lipinski definition) is 0. The number of hydrogen-bond acceptors (Lipinski definition) is 2. The molecule has 1 heterocycles. The van der Waals surface area contributed by atoms with Crippen LogP contribution in [-0.4, -0.2) is 15.6 Å². The second kappa shape index (κ2) is 4.77. The molecule has 1 aromatic carbocycles. The molecule has 2 rings (SSSR count). The van der Waals surface area contributed by atoms with E-state index in [1.165, 1.54) is 5.56 Å². The number of aryl methyl sites for hydroxylation is 3. The van der Waals surface area contributed by atoms with Crippen LogP contribution in [0.1, 0.15) is 32.9 Å². The standard InChI is InChI=1S/C15H18N2O/c1-10-5-7-13(8-6-10)15(18)9-14-11(2)16-17(4)12(14)3/h5-8H,9H2,1-4H3. The SMILES string of the molecule is Cc1ccc(C(=O)Cc2c(C)nn(C)c2C)cc1. The Balaban J connectivity index is 2.24. The van der Waals surface area contributed by atoms with Gasteiger partial charge >= 0.3 is 0 Å². The first-order chi connectivity index (χ1) is 8.49. The summed E-state index contributed by atoms with van der Waals surface area (Å²) in [6.07, 6.45) is 0.425. The molecule has 0 fully saturated rings. The predicted molar refractivity (Wildman–Crippen MR) is 71.9 cm³/mol. The van der Waals surface area contributed by atoms with Crippen molar-refractivity contribution in [2.24, 2.45) is 7.05 Å². The maximum absolute atomic E-state index is 12.2. The van der Waals surface area contributed by atoms with Gasteiger partial charge in [0.1, 0.15) is 0 Å². The third kappa shape index (κ3) is 2.35. The quantitative estimate of drug-likeness (QED) is 0.776. The molecule has 0 N–H and O–H groups in total. The lowest BCUT2D eigenvalue weighted by Gasteiger charge is -2.03. The van der Waals surface area contributed by atoms with Gasteiger partial charge in [0.25, 0.3) is 0 Å². The van der Waals surface area contributed by atoms with Crippen LogP contribution in [0, 0.1) is 20.8 Å². The zero-order chi connectivity index (χ0) is 13.3. The largest absolute Gasteiger partial charge is 0.294 e. The smallest absolute Gasteiger partial charge is 0.167 e. The van der Waals surface area contributed by atoms with Crippen molar-refractivity contribution >= 4 is 5.78 Å². The fourth-order valence-corrected chi connectivity index (χ4v) is 2.08. The molecule has 0 spiro atoms. The van der Waals surface area contributed by atoms with Gasteiger partial charge in [-0.3, -0.25) is 9.48 Å². The van der Waals surface area contributed by atoms with Crippen LogP contribution < -0.4 is 0 Å². The Morgan fingerprint density at radius 1 is 1.17 bits per heavy atom. The van der Waals surface area contributed by atoms with Crippen molar-refractivity contribution in [3.05, 3.63) is 52.3 Å². The highest BCUT2D eigenvalue weighted by atomic mass is 16.1. The van der Waals surface area contributed by atoms with Crippen molar-refractivity contribution in [3.8, 4) is 0 Å². The summed E-state index contributed by atoms with van der Waals surface area (Å²) >= 11 is 0. The van der Waals surface area contributed by atoms with E-state index in [2.05, 4.69) is 5.10 Å². The van der Waals surface area contributed by atoms with Gasteiger partial charge in [-0.25, -0.2) is 0 Å². The summed E-state index contributed by atoms with van der Waals surface area (Å²) in [5.41, 5.74) is 4.98. The molecule has 0 aliphatic rings. The highest BCUT2D eigenvalue weighted by molar-refractivity contribution is 5.97. The fraction of sp³-hybridized carbons (Fsp3) is 0.333. The molecule has 0 atom stereocenters. The van der Waals surface area contributed by atoms with E-state index in [1.807, 2.05) is 56.8 Å². The van der Waals surface area contributed by atoms with Crippen LogP contribution in [0.25, 0.3) is 0 Å². The van der Waals surface area contributed by atoms with E-state index in [4.69, 9.17) is 0 Å². The Morgan fingerprint density at radius 3 is 2.28 bits per heavy atom. The van der Waals surface area contributed by atoms with Gasteiger partial charge in [-0.05, 0) is 20.8 Å². The summed E-state index contributed by atoms with van der Waals surface area (Å²) in [5.74, 6) is 0.147. The lowest BCUT2D eigenvalue weighted by atomic mass is 10.0. The molecule has 1 aromatic heterocycles. The van der Waals surface area contributed by atoms with Crippen LogP contribution in [0.5, 0.6) is 0 Å². The highest BCUT2D eigenvalue weighted by Gasteiger charge is 2.14. The summed E-state index contributed by atoms with van der Waals surface area (Å²) in [6, 6.07) is 7.71. The molecule has 0 amide bonds. The average Bonchev–Trinajstić information content (AvgIpc) is 2.57. The van der Waals surface area contributed by atoms with E-state index >= 15 is 0 Å². The number of carbonyl (C=O) groups excluding carboxylic acids is 1. The molecule has 94 valence electrons. The molecule has 0 saturated heterocycles. The van der Waals surface area contributed by atoms with Crippen molar-refractivity contribution in [1.82, 2.24) is 9.78 Å². The van der Waals surface area contributed by atoms with Crippen molar-refractivity contribution in [3.63, 3.8) is 0 Å². The van der Waals surface area contributed by atoms with Gasteiger partial charge in [0.15, 0.2) is 5.78 Å². The Labute approximate surface area is 107 Å². The van der Waals surface area contributed by atoms with E-state index in [9.17, 15) is 4.79 Å². The Morgan fingerprint density at radius 2 is 1.78 bits per heavy atom. The number of carbonyl (C=O) groups is 1. The molecular weight excluding hydrogens is 224 g/mol. The number of rotatable bonds is 3. The maximum atomic E-state index is 12.2. The molecule has 0 unspecified atom stereocenters. The van der Waals surface area contributed by atoms with Crippen LogP contribution in [0.3, 0.4) is 0 Å². The van der Waals surface area contributed by atoms with Gasteiger partial charge in [0.05, 0.1) is 5.69 Å². The molecule has 18 heavy (non-hydrogen) atoms. The number of nitrogens with zero attached hydrogens (tertiary/aromatic N) is 2. The summed E-state index contributed by atoms with van der Waals surface area (Å²) in [7, 11) is 1.90.